The van der Waals surface area contributed by atoms with Gasteiger partial charge in [0.15, 0.2) is 0 Å². The Morgan fingerprint density at radius 1 is 0.941 bits per heavy atom. The maximum Gasteiger partial charge on any atom is 0.255 e. The predicted octanol–water partition coefficient (Wildman–Crippen LogP) is 2.39. The summed E-state index contributed by atoms with van der Waals surface area (Å²) in [7, 11) is 0. The van der Waals surface area contributed by atoms with Crippen LogP contribution in [0.15, 0.2) is 65.7 Å². The third-order valence-electron chi connectivity index (χ3n) is 2.71. The van der Waals surface area contributed by atoms with Gasteiger partial charge in [-0.1, -0.05) is 18.2 Å². The molecule has 0 atom stereocenters. The van der Waals surface area contributed by atoms with E-state index in [1.807, 2.05) is 36.4 Å². The summed E-state index contributed by atoms with van der Waals surface area (Å²) in [5, 5.41) is 0.955. The lowest BCUT2D eigenvalue weighted by atomic mass is 10.2. The van der Waals surface area contributed by atoms with Crippen LogP contribution in [0.25, 0.3) is 16.6 Å². The molecule has 3 rings (SSSR count). The number of hydrogen-bond acceptors (Lipinski definition) is 2. The van der Waals surface area contributed by atoms with E-state index in [-0.39, 0.29) is 5.56 Å². The highest BCUT2D eigenvalue weighted by molar-refractivity contribution is 5.79. The number of para-hydroxylation sites is 1. The third kappa shape index (κ3) is 1.61. The van der Waals surface area contributed by atoms with Crippen molar-refractivity contribution in [2.75, 3.05) is 0 Å². The molecule has 3 nitrogen and oxygen atoms in total. The van der Waals surface area contributed by atoms with Crippen LogP contribution in [0.5, 0.6) is 0 Å². The Kier molecular flexibility index (Phi) is 2.22. The third-order valence-corrected chi connectivity index (χ3v) is 2.71. The van der Waals surface area contributed by atoms with Gasteiger partial charge in [0.2, 0.25) is 0 Å². The highest BCUT2D eigenvalue weighted by atomic mass is 16.1. The minimum Gasteiger partial charge on any atom is -0.277 e. The average molecular weight is 222 g/mol. The fourth-order valence-corrected chi connectivity index (χ4v) is 1.93. The first-order valence-corrected chi connectivity index (χ1v) is 5.37. The molecule has 1 aromatic carbocycles. The molecule has 0 saturated carbocycles. The van der Waals surface area contributed by atoms with Gasteiger partial charge in [0.25, 0.3) is 5.56 Å². The van der Waals surface area contributed by atoms with Gasteiger partial charge in [-0.2, -0.15) is 0 Å². The van der Waals surface area contributed by atoms with Gasteiger partial charge in [-0.25, -0.2) is 0 Å². The van der Waals surface area contributed by atoms with E-state index in [2.05, 4.69) is 4.98 Å². The van der Waals surface area contributed by atoms with Crippen molar-refractivity contribution in [3.8, 4) is 5.69 Å². The van der Waals surface area contributed by atoms with Crippen LogP contribution in [0.2, 0.25) is 0 Å². The van der Waals surface area contributed by atoms with Gasteiger partial charge in [0.05, 0.1) is 5.52 Å². The first-order valence-electron chi connectivity index (χ1n) is 5.37. The lowest BCUT2D eigenvalue weighted by molar-refractivity contribution is 1.04. The van der Waals surface area contributed by atoms with Crippen LogP contribution in [-0.2, 0) is 0 Å². The maximum absolute atomic E-state index is 12.0. The van der Waals surface area contributed by atoms with Gasteiger partial charge >= 0.3 is 0 Å². The zero-order valence-electron chi connectivity index (χ0n) is 9.08. The minimum absolute atomic E-state index is 0.0325. The van der Waals surface area contributed by atoms with Crippen molar-refractivity contribution in [3.63, 3.8) is 0 Å². The molecule has 0 spiro atoms. The molecular formula is C14H10N2O. The Hall–Kier alpha value is -2.42. The van der Waals surface area contributed by atoms with E-state index >= 15 is 0 Å². The topological polar surface area (TPSA) is 34.9 Å². The zero-order chi connectivity index (χ0) is 11.7. The second-order valence-corrected chi connectivity index (χ2v) is 3.78. The summed E-state index contributed by atoms with van der Waals surface area (Å²) < 4.78 is 1.69. The van der Waals surface area contributed by atoms with Gasteiger partial charge in [-0.15, -0.1) is 0 Å². The van der Waals surface area contributed by atoms with E-state index in [1.54, 1.807) is 29.1 Å². The average Bonchev–Trinajstić information content (AvgIpc) is 2.39. The monoisotopic (exact) mass is 222 g/mol. The number of nitrogens with zero attached hydrogens (tertiary/aromatic N) is 2. The Balaban J connectivity index is 2.43. The smallest absolute Gasteiger partial charge is 0.255 e. The van der Waals surface area contributed by atoms with Crippen molar-refractivity contribution in [3.05, 3.63) is 71.3 Å². The van der Waals surface area contributed by atoms with E-state index in [0.29, 0.717) is 0 Å². The SMILES string of the molecule is O=c1ccc2cnccc2n1-c1ccccc1. The highest BCUT2D eigenvalue weighted by Crippen LogP contribution is 2.14. The van der Waals surface area contributed by atoms with Crippen LogP contribution in [-0.4, -0.2) is 9.55 Å². The van der Waals surface area contributed by atoms with Crippen LogP contribution in [0, 0.1) is 0 Å². The maximum atomic E-state index is 12.0. The second kappa shape index (κ2) is 3.87. The van der Waals surface area contributed by atoms with Crippen molar-refractivity contribution in [1.82, 2.24) is 9.55 Å². The van der Waals surface area contributed by atoms with Gasteiger partial charge < -0.3 is 0 Å². The van der Waals surface area contributed by atoms with E-state index < -0.39 is 0 Å². The van der Waals surface area contributed by atoms with E-state index in [4.69, 9.17) is 0 Å². The molecule has 3 heteroatoms. The Labute approximate surface area is 98.0 Å². The van der Waals surface area contributed by atoms with Crippen LogP contribution in [0.3, 0.4) is 0 Å². The molecule has 0 saturated heterocycles. The largest absolute Gasteiger partial charge is 0.277 e. The standard InChI is InChI=1S/C14H10N2O/c17-14-7-6-11-10-15-9-8-13(11)16(14)12-4-2-1-3-5-12/h1-10H. The van der Waals surface area contributed by atoms with Gasteiger partial charge in [0.1, 0.15) is 0 Å². The summed E-state index contributed by atoms with van der Waals surface area (Å²) in [6.07, 6.45) is 3.45. The second-order valence-electron chi connectivity index (χ2n) is 3.78. The Bertz CT molecular complexity index is 717. The van der Waals surface area contributed by atoms with Crippen molar-refractivity contribution >= 4 is 10.9 Å². The molecule has 0 fully saturated rings. The van der Waals surface area contributed by atoms with Crippen molar-refractivity contribution in [2.24, 2.45) is 0 Å². The fraction of sp³-hybridized carbons (Fsp3) is 0. The lowest BCUT2D eigenvalue weighted by Gasteiger charge is -2.09. The molecule has 2 heterocycles. The quantitative estimate of drug-likeness (QED) is 0.633. The van der Waals surface area contributed by atoms with Crippen molar-refractivity contribution < 1.29 is 0 Å². The number of hydrogen-bond donors (Lipinski definition) is 0. The number of aromatic nitrogens is 2. The first kappa shape index (κ1) is 9.78. The summed E-state index contributed by atoms with van der Waals surface area (Å²) in [5.74, 6) is 0. The number of pyridine rings is 2. The Morgan fingerprint density at radius 3 is 2.59 bits per heavy atom. The van der Waals surface area contributed by atoms with Crippen LogP contribution < -0.4 is 5.56 Å². The van der Waals surface area contributed by atoms with Crippen LogP contribution in [0.1, 0.15) is 0 Å². The van der Waals surface area contributed by atoms with E-state index in [0.717, 1.165) is 16.6 Å². The number of rotatable bonds is 1. The molecule has 2 aromatic heterocycles. The molecule has 0 aliphatic heterocycles. The summed E-state index contributed by atoms with van der Waals surface area (Å²) >= 11 is 0. The zero-order valence-corrected chi connectivity index (χ0v) is 9.08. The van der Waals surface area contributed by atoms with Crippen molar-refractivity contribution in [1.29, 1.82) is 0 Å². The summed E-state index contributed by atoms with van der Waals surface area (Å²) in [6, 6.07) is 14.8. The molecule has 0 N–H and O–H groups in total. The number of fused-ring (bicyclic) bond motifs is 1. The number of benzene rings is 1. The first-order chi connectivity index (χ1) is 8.36. The molecule has 0 bridgehead atoms. The summed E-state index contributed by atoms with van der Waals surface area (Å²) in [4.78, 5) is 16.0. The predicted molar refractivity (Wildman–Crippen MR) is 67.3 cm³/mol. The highest BCUT2D eigenvalue weighted by Gasteiger charge is 2.03. The fourth-order valence-electron chi connectivity index (χ4n) is 1.93. The summed E-state index contributed by atoms with van der Waals surface area (Å²) in [5.41, 5.74) is 1.71. The molecule has 0 aliphatic rings. The van der Waals surface area contributed by atoms with Gasteiger partial charge in [-0.05, 0) is 24.3 Å². The van der Waals surface area contributed by atoms with Gasteiger partial charge in [0, 0.05) is 29.5 Å². The molecule has 0 unspecified atom stereocenters. The van der Waals surface area contributed by atoms with E-state index in [1.165, 1.54) is 0 Å². The minimum atomic E-state index is -0.0325. The van der Waals surface area contributed by atoms with Crippen molar-refractivity contribution in [2.45, 2.75) is 0 Å². The molecule has 0 aliphatic carbocycles. The molecule has 17 heavy (non-hydrogen) atoms. The molecule has 0 amide bonds. The normalized spacial score (nSPS) is 10.6. The van der Waals surface area contributed by atoms with Gasteiger partial charge in [-0.3, -0.25) is 14.3 Å². The van der Waals surface area contributed by atoms with Crippen LogP contribution >= 0.6 is 0 Å². The molecule has 82 valence electrons. The molecule has 3 aromatic rings. The summed E-state index contributed by atoms with van der Waals surface area (Å²) in [6.45, 7) is 0. The molecular weight excluding hydrogens is 212 g/mol. The lowest BCUT2D eigenvalue weighted by Crippen LogP contribution is -2.17. The van der Waals surface area contributed by atoms with Crippen LogP contribution in [0.4, 0.5) is 0 Å². The Morgan fingerprint density at radius 2 is 1.76 bits per heavy atom. The van der Waals surface area contributed by atoms with E-state index in [9.17, 15) is 4.79 Å². The molecule has 0 radical (unpaired) electrons.